The lowest BCUT2D eigenvalue weighted by Crippen LogP contribution is -2.25. The molecule has 16 heavy (non-hydrogen) atoms. The summed E-state index contributed by atoms with van der Waals surface area (Å²) in [6.07, 6.45) is 9.66. The van der Waals surface area contributed by atoms with Crippen LogP contribution in [0.3, 0.4) is 0 Å². The monoisotopic (exact) mass is 224 g/mol. The first-order chi connectivity index (χ1) is 7.90. The molecule has 1 aliphatic carbocycles. The van der Waals surface area contributed by atoms with Gasteiger partial charge in [-0.15, -0.1) is 6.58 Å². The minimum absolute atomic E-state index is 0.0257. The first-order valence-electron chi connectivity index (χ1n) is 6.01. The maximum Gasteiger partial charge on any atom is 0.161 e. The highest BCUT2D eigenvalue weighted by Gasteiger charge is 2.32. The van der Waals surface area contributed by atoms with E-state index in [0.717, 1.165) is 12.8 Å². The van der Waals surface area contributed by atoms with Gasteiger partial charge in [-0.05, 0) is 19.3 Å². The molecule has 0 aromatic rings. The van der Waals surface area contributed by atoms with Crippen molar-refractivity contribution in [3.8, 4) is 0 Å². The van der Waals surface area contributed by atoms with Crippen molar-refractivity contribution in [1.82, 2.24) is 0 Å². The third-order valence-corrected chi connectivity index (χ3v) is 3.01. The van der Waals surface area contributed by atoms with Gasteiger partial charge in [-0.25, -0.2) is 0 Å². The fraction of sp³-hybridized carbons (Fsp3) is 0.692. The Balaban J connectivity index is 1.70. The van der Waals surface area contributed by atoms with Gasteiger partial charge < -0.3 is 14.2 Å². The van der Waals surface area contributed by atoms with Crippen LogP contribution in [-0.2, 0) is 14.2 Å². The average Bonchev–Trinajstić information content (AvgIpc) is 2.79. The van der Waals surface area contributed by atoms with Gasteiger partial charge in [-0.3, -0.25) is 0 Å². The summed E-state index contributed by atoms with van der Waals surface area (Å²) < 4.78 is 16.9. The Hall–Kier alpha value is -0.640. The van der Waals surface area contributed by atoms with Gasteiger partial charge in [0.2, 0.25) is 0 Å². The average molecular weight is 224 g/mol. The molecule has 0 unspecified atom stereocenters. The summed E-state index contributed by atoms with van der Waals surface area (Å²) >= 11 is 0. The highest BCUT2D eigenvalue weighted by atomic mass is 16.7. The van der Waals surface area contributed by atoms with E-state index in [1.807, 2.05) is 0 Å². The van der Waals surface area contributed by atoms with Crippen molar-refractivity contribution in [2.75, 3.05) is 19.8 Å². The van der Waals surface area contributed by atoms with Crippen molar-refractivity contribution in [3.63, 3.8) is 0 Å². The molecule has 1 heterocycles. The van der Waals surface area contributed by atoms with Crippen molar-refractivity contribution in [3.05, 3.63) is 24.8 Å². The first kappa shape index (κ1) is 11.8. The van der Waals surface area contributed by atoms with Crippen LogP contribution in [0.15, 0.2) is 24.8 Å². The molecule has 3 nitrogen and oxygen atoms in total. The Morgan fingerprint density at radius 2 is 2.38 bits per heavy atom. The van der Waals surface area contributed by atoms with Gasteiger partial charge in [0.25, 0.3) is 0 Å². The molecule has 1 fully saturated rings. The summed E-state index contributed by atoms with van der Waals surface area (Å²) in [4.78, 5) is 0. The van der Waals surface area contributed by atoms with Crippen LogP contribution in [0, 0.1) is 5.92 Å². The van der Waals surface area contributed by atoms with Crippen molar-refractivity contribution >= 4 is 0 Å². The van der Waals surface area contributed by atoms with E-state index >= 15 is 0 Å². The van der Waals surface area contributed by atoms with Crippen molar-refractivity contribution in [2.45, 2.75) is 31.7 Å². The highest BCUT2D eigenvalue weighted by Crippen LogP contribution is 2.28. The summed E-state index contributed by atoms with van der Waals surface area (Å²) in [5.41, 5.74) is 0. The molecular weight excluding hydrogens is 204 g/mol. The Bertz CT molecular complexity index is 250. The molecule has 2 aliphatic rings. The molecule has 0 radical (unpaired) electrons. The van der Waals surface area contributed by atoms with Gasteiger partial charge in [0, 0.05) is 5.92 Å². The van der Waals surface area contributed by atoms with Crippen LogP contribution in [0.25, 0.3) is 0 Å². The second kappa shape index (κ2) is 6.18. The van der Waals surface area contributed by atoms with E-state index in [9.17, 15) is 0 Å². The van der Waals surface area contributed by atoms with Crippen LogP contribution in [0.5, 0.6) is 0 Å². The van der Waals surface area contributed by atoms with Gasteiger partial charge in [0.05, 0.1) is 19.8 Å². The Morgan fingerprint density at radius 1 is 1.44 bits per heavy atom. The molecule has 0 aromatic carbocycles. The van der Waals surface area contributed by atoms with E-state index in [-0.39, 0.29) is 12.4 Å². The molecule has 3 atom stereocenters. The zero-order valence-corrected chi connectivity index (χ0v) is 9.64. The molecule has 1 aliphatic heterocycles. The maximum atomic E-state index is 5.83. The van der Waals surface area contributed by atoms with Crippen LogP contribution < -0.4 is 0 Å². The lowest BCUT2D eigenvalue weighted by atomic mass is 9.94. The van der Waals surface area contributed by atoms with Gasteiger partial charge in [-0.2, -0.15) is 0 Å². The summed E-state index contributed by atoms with van der Waals surface area (Å²) in [7, 11) is 0. The van der Waals surface area contributed by atoms with Crippen molar-refractivity contribution in [2.24, 2.45) is 5.92 Å². The van der Waals surface area contributed by atoms with Gasteiger partial charge >= 0.3 is 0 Å². The SMILES string of the molecule is C=CCOC[C@@H]1CO[C@H]([C@H]2CC=CCC2)O1. The lowest BCUT2D eigenvalue weighted by Gasteiger charge is -2.23. The molecule has 3 heteroatoms. The summed E-state index contributed by atoms with van der Waals surface area (Å²) in [5, 5.41) is 0. The molecule has 0 aromatic heterocycles. The Labute approximate surface area is 97.1 Å². The van der Waals surface area contributed by atoms with Gasteiger partial charge in [0.1, 0.15) is 6.10 Å². The van der Waals surface area contributed by atoms with Crippen LogP contribution in [0.4, 0.5) is 0 Å². The first-order valence-corrected chi connectivity index (χ1v) is 6.01. The number of ether oxygens (including phenoxy) is 3. The molecule has 0 spiro atoms. The molecule has 1 saturated heterocycles. The molecular formula is C13H20O3. The molecule has 2 rings (SSSR count). The van der Waals surface area contributed by atoms with Crippen molar-refractivity contribution in [1.29, 1.82) is 0 Å². The normalized spacial score (nSPS) is 34.1. The number of hydrogen-bond donors (Lipinski definition) is 0. The zero-order valence-electron chi connectivity index (χ0n) is 9.64. The van der Waals surface area contributed by atoms with E-state index in [0.29, 0.717) is 25.7 Å². The van der Waals surface area contributed by atoms with Crippen LogP contribution >= 0.6 is 0 Å². The summed E-state index contributed by atoms with van der Waals surface area (Å²) in [5.74, 6) is 0.523. The van der Waals surface area contributed by atoms with Crippen molar-refractivity contribution < 1.29 is 14.2 Å². The van der Waals surface area contributed by atoms with Gasteiger partial charge in [-0.1, -0.05) is 18.2 Å². The van der Waals surface area contributed by atoms with Gasteiger partial charge in [0.15, 0.2) is 6.29 Å². The second-order valence-corrected chi connectivity index (χ2v) is 4.33. The fourth-order valence-electron chi connectivity index (χ4n) is 2.15. The third kappa shape index (κ3) is 3.17. The zero-order chi connectivity index (χ0) is 11.2. The Morgan fingerprint density at radius 3 is 3.12 bits per heavy atom. The molecule has 0 N–H and O–H groups in total. The maximum absolute atomic E-state index is 5.83. The number of rotatable bonds is 5. The summed E-state index contributed by atoms with van der Waals surface area (Å²) in [6, 6.07) is 0. The predicted octanol–water partition coefficient (Wildman–Crippen LogP) is 2.29. The lowest BCUT2D eigenvalue weighted by molar-refractivity contribution is -0.106. The van der Waals surface area contributed by atoms with E-state index in [1.165, 1.54) is 6.42 Å². The minimum Gasteiger partial charge on any atom is -0.375 e. The highest BCUT2D eigenvalue weighted by molar-refractivity contribution is 4.91. The van der Waals surface area contributed by atoms with E-state index < -0.39 is 0 Å². The Kier molecular flexibility index (Phi) is 4.57. The summed E-state index contributed by atoms with van der Waals surface area (Å²) in [6.45, 7) is 5.45. The van der Waals surface area contributed by atoms with E-state index in [4.69, 9.17) is 14.2 Å². The van der Waals surface area contributed by atoms with Crippen LogP contribution in [-0.4, -0.2) is 32.2 Å². The topological polar surface area (TPSA) is 27.7 Å². The van der Waals surface area contributed by atoms with Crippen LogP contribution in [0.2, 0.25) is 0 Å². The number of hydrogen-bond acceptors (Lipinski definition) is 3. The standard InChI is InChI=1S/C13H20O3/c1-2-8-14-9-12-10-15-13(16-12)11-6-4-3-5-7-11/h2-4,11-13H,1,5-10H2/t11-,12+,13-/m0/s1. The minimum atomic E-state index is -0.0257. The van der Waals surface area contributed by atoms with E-state index in [2.05, 4.69) is 18.7 Å². The van der Waals surface area contributed by atoms with Crippen LogP contribution in [0.1, 0.15) is 19.3 Å². The smallest absolute Gasteiger partial charge is 0.161 e. The molecule has 90 valence electrons. The molecule has 0 amide bonds. The number of allylic oxidation sites excluding steroid dienone is 2. The molecule has 0 bridgehead atoms. The second-order valence-electron chi connectivity index (χ2n) is 4.33. The predicted molar refractivity (Wildman–Crippen MR) is 62.1 cm³/mol. The fourth-order valence-corrected chi connectivity index (χ4v) is 2.15. The third-order valence-electron chi connectivity index (χ3n) is 3.01. The molecule has 0 saturated carbocycles. The largest absolute Gasteiger partial charge is 0.375 e. The quantitative estimate of drug-likeness (QED) is 0.529. The van der Waals surface area contributed by atoms with E-state index in [1.54, 1.807) is 6.08 Å².